The van der Waals surface area contributed by atoms with E-state index in [1.54, 1.807) is 11.9 Å². The summed E-state index contributed by atoms with van der Waals surface area (Å²) >= 11 is 0. The first kappa shape index (κ1) is 13.5. The fourth-order valence-corrected chi connectivity index (χ4v) is 2.17. The molecule has 5 nitrogen and oxygen atoms in total. The monoisotopic (exact) mass is 262 g/mol. The predicted molar refractivity (Wildman–Crippen MR) is 71.6 cm³/mol. The maximum absolute atomic E-state index is 12.0. The number of aliphatic hydroxyl groups excluding tert-OH is 1. The van der Waals surface area contributed by atoms with Crippen molar-refractivity contribution in [2.75, 3.05) is 25.5 Å². The fourth-order valence-electron chi connectivity index (χ4n) is 2.17. The van der Waals surface area contributed by atoms with E-state index < -0.39 is 0 Å². The van der Waals surface area contributed by atoms with Crippen LogP contribution >= 0.6 is 0 Å². The first-order valence-electron chi connectivity index (χ1n) is 6.35. The van der Waals surface area contributed by atoms with Crippen LogP contribution in [0.2, 0.25) is 0 Å². The van der Waals surface area contributed by atoms with Crippen LogP contribution < -0.4 is 5.32 Å². The topological polar surface area (TPSA) is 69.6 Å². The smallest absolute Gasteiger partial charge is 0.229 e. The summed E-state index contributed by atoms with van der Waals surface area (Å²) in [7, 11) is 1.71. The average Bonchev–Trinajstić information content (AvgIpc) is 2.72. The standard InChI is InChI=1S/C14H18N2O3/c1-16-9-11(8-13(16)18)14(19)15-12-4-2-10(3-5-12)6-7-17/h2-5,11,17H,6-9H2,1H3,(H,15,19). The van der Waals surface area contributed by atoms with E-state index in [-0.39, 0.29) is 30.8 Å². The minimum atomic E-state index is -0.269. The Labute approximate surface area is 112 Å². The summed E-state index contributed by atoms with van der Waals surface area (Å²) in [5.41, 5.74) is 1.74. The molecule has 1 saturated heterocycles. The first-order valence-corrected chi connectivity index (χ1v) is 6.35. The van der Waals surface area contributed by atoms with Gasteiger partial charge in [0.1, 0.15) is 0 Å². The van der Waals surface area contributed by atoms with Crippen molar-refractivity contribution in [1.29, 1.82) is 0 Å². The fraction of sp³-hybridized carbons (Fsp3) is 0.429. The minimum absolute atomic E-state index is 0.0124. The normalized spacial score (nSPS) is 18.7. The number of nitrogens with one attached hydrogen (secondary N) is 1. The molecule has 1 unspecified atom stereocenters. The van der Waals surface area contributed by atoms with Gasteiger partial charge in [-0.25, -0.2) is 0 Å². The van der Waals surface area contributed by atoms with E-state index in [2.05, 4.69) is 5.32 Å². The number of nitrogens with zero attached hydrogens (tertiary/aromatic N) is 1. The number of hydrogen-bond donors (Lipinski definition) is 2. The second kappa shape index (κ2) is 5.84. The van der Waals surface area contributed by atoms with Gasteiger partial charge in [-0.1, -0.05) is 12.1 Å². The molecule has 2 N–H and O–H groups in total. The van der Waals surface area contributed by atoms with Gasteiger partial charge in [0.05, 0.1) is 5.92 Å². The molecule has 2 rings (SSSR count). The molecule has 5 heteroatoms. The molecule has 0 saturated carbocycles. The Bertz CT molecular complexity index is 470. The second-order valence-corrected chi connectivity index (χ2v) is 4.84. The molecule has 102 valence electrons. The van der Waals surface area contributed by atoms with Crippen LogP contribution in [0.1, 0.15) is 12.0 Å². The molecule has 0 bridgehead atoms. The predicted octanol–water partition coefficient (Wildman–Crippen LogP) is 0.638. The van der Waals surface area contributed by atoms with Crippen LogP contribution in [0.5, 0.6) is 0 Å². The molecule has 1 atom stereocenters. The number of carbonyl (C=O) groups is 2. The van der Waals surface area contributed by atoms with Gasteiger partial charge in [-0.15, -0.1) is 0 Å². The molecule has 19 heavy (non-hydrogen) atoms. The summed E-state index contributed by atoms with van der Waals surface area (Å²) in [5.74, 6) is -0.374. The number of amides is 2. The van der Waals surface area contributed by atoms with Gasteiger partial charge in [-0.05, 0) is 24.1 Å². The molecular weight excluding hydrogens is 244 g/mol. The van der Waals surface area contributed by atoms with Crippen molar-refractivity contribution in [3.8, 4) is 0 Å². The SMILES string of the molecule is CN1CC(C(=O)Nc2ccc(CCO)cc2)CC1=O. The highest BCUT2D eigenvalue weighted by Crippen LogP contribution is 2.18. The maximum atomic E-state index is 12.0. The molecule has 0 spiro atoms. The van der Waals surface area contributed by atoms with E-state index in [0.717, 1.165) is 5.56 Å². The Morgan fingerprint density at radius 2 is 2.11 bits per heavy atom. The highest BCUT2D eigenvalue weighted by atomic mass is 16.3. The molecule has 2 amide bonds. The van der Waals surface area contributed by atoms with Gasteiger partial charge in [-0.3, -0.25) is 9.59 Å². The lowest BCUT2D eigenvalue weighted by molar-refractivity contribution is -0.127. The lowest BCUT2D eigenvalue weighted by Gasteiger charge is -2.11. The molecule has 1 aliphatic rings. The Morgan fingerprint density at radius 1 is 1.42 bits per heavy atom. The van der Waals surface area contributed by atoms with Gasteiger partial charge in [0.15, 0.2) is 0 Å². The van der Waals surface area contributed by atoms with Crippen LogP contribution in [-0.2, 0) is 16.0 Å². The van der Waals surface area contributed by atoms with Gasteiger partial charge in [0.2, 0.25) is 11.8 Å². The number of rotatable bonds is 4. The zero-order chi connectivity index (χ0) is 13.8. The largest absolute Gasteiger partial charge is 0.396 e. The molecule has 1 aromatic rings. The van der Waals surface area contributed by atoms with Crippen LogP contribution in [0.4, 0.5) is 5.69 Å². The lowest BCUT2D eigenvalue weighted by Crippen LogP contribution is -2.25. The molecule has 0 aliphatic carbocycles. The van der Waals surface area contributed by atoms with E-state index in [1.165, 1.54) is 0 Å². The average molecular weight is 262 g/mol. The third-order valence-electron chi connectivity index (χ3n) is 3.33. The molecule has 1 heterocycles. The highest BCUT2D eigenvalue weighted by molar-refractivity contribution is 5.97. The van der Waals surface area contributed by atoms with E-state index in [1.807, 2.05) is 24.3 Å². The van der Waals surface area contributed by atoms with Gasteiger partial charge >= 0.3 is 0 Å². The Balaban J connectivity index is 1.93. The quantitative estimate of drug-likeness (QED) is 0.836. The summed E-state index contributed by atoms with van der Waals surface area (Å²) in [5, 5.41) is 11.6. The minimum Gasteiger partial charge on any atom is -0.396 e. The summed E-state index contributed by atoms with van der Waals surface area (Å²) in [6.07, 6.45) is 0.890. The van der Waals surface area contributed by atoms with Crippen molar-refractivity contribution in [1.82, 2.24) is 4.90 Å². The van der Waals surface area contributed by atoms with E-state index >= 15 is 0 Å². The first-order chi connectivity index (χ1) is 9.10. The molecule has 0 aromatic heterocycles. The van der Waals surface area contributed by atoms with Crippen molar-refractivity contribution in [2.45, 2.75) is 12.8 Å². The maximum Gasteiger partial charge on any atom is 0.229 e. The van der Waals surface area contributed by atoms with Gasteiger partial charge in [-0.2, -0.15) is 0 Å². The molecule has 1 fully saturated rings. The number of likely N-dealkylation sites (tertiary alicyclic amines) is 1. The van der Waals surface area contributed by atoms with Crippen LogP contribution in [-0.4, -0.2) is 42.0 Å². The van der Waals surface area contributed by atoms with Crippen LogP contribution in [0.25, 0.3) is 0 Å². The molecule has 0 radical (unpaired) electrons. The van der Waals surface area contributed by atoms with Crippen LogP contribution in [0.15, 0.2) is 24.3 Å². The number of carbonyl (C=O) groups excluding carboxylic acids is 2. The van der Waals surface area contributed by atoms with E-state index in [9.17, 15) is 9.59 Å². The van der Waals surface area contributed by atoms with Crippen molar-refractivity contribution in [3.05, 3.63) is 29.8 Å². The van der Waals surface area contributed by atoms with E-state index in [0.29, 0.717) is 18.7 Å². The molecular formula is C14H18N2O3. The lowest BCUT2D eigenvalue weighted by atomic mass is 10.1. The van der Waals surface area contributed by atoms with Crippen molar-refractivity contribution < 1.29 is 14.7 Å². The number of aliphatic hydroxyl groups is 1. The van der Waals surface area contributed by atoms with Gasteiger partial charge < -0.3 is 15.3 Å². The van der Waals surface area contributed by atoms with Gasteiger partial charge in [0, 0.05) is 32.3 Å². The van der Waals surface area contributed by atoms with E-state index in [4.69, 9.17) is 5.11 Å². The Kier molecular flexibility index (Phi) is 4.16. The molecule has 1 aromatic carbocycles. The Morgan fingerprint density at radius 3 is 2.63 bits per heavy atom. The van der Waals surface area contributed by atoms with Crippen molar-refractivity contribution in [2.24, 2.45) is 5.92 Å². The number of hydrogen-bond acceptors (Lipinski definition) is 3. The van der Waals surface area contributed by atoms with Crippen LogP contribution in [0.3, 0.4) is 0 Å². The van der Waals surface area contributed by atoms with Crippen LogP contribution in [0, 0.1) is 5.92 Å². The number of benzene rings is 1. The summed E-state index contributed by atoms with van der Waals surface area (Å²) in [6.45, 7) is 0.593. The summed E-state index contributed by atoms with van der Waals surface area (Å²) < 4.78 is 0. The zero-order valence-corrected chi connectivity index (χ0v) is 10.9. The summed E-state index contributed by atoms with van der Waals surface area (Å²) in [6, 6.07) is 7.36. The Hall–Kier alpha value is -1.88. The third kappa shape index (κ3) is 3.32. The van der Waals surface area contributed by atoms with Crippen molar-refractivity contribution in [3.63, 3.8) is 0 Å². The van der Waals surface area contributed by atoms with Crippen molar-refractivity contribution >= 4 is 17.5 Å². The highest BCUT2D eigenvalue weighted by Gasteiger charge is 2.31. The number of anilines is 1. The second-order valence-electron chi connectivity index (χ2n) is 4.84. The zero-order valence-electron chi connectivity index (χ0n) is 10.9. The van der Waals surface area contributed by atoms with Gasteiger partial charge in [0.25, 0.3) is 0 Å². The molecule has 1 aliphatic heterocycles. The third-order valence-corrected chi connectivity index (χ3v) is 3.33. The summed E-state index contributed by atoms with van der Waals surface area (Å²) in [4.78, 5) is 24.9.